The summed E-state index contributed by atoms with van der Waals surface area (Å²) in [5.41, 5.74) is 5.80. The van der Waals surface area contributed by atoms with Gasteiger partial charge in [0.15, 0.2) is 0 Å². The maximum Gasteiger partial charge on any atom is 0.259 e. The molecule has 1 rings (SSSR count). The Bertz CT molecular complexity index is 493. The molecule has 116 valence electrons. The minimum Gasteiger partial charge on any atom is -0.480 e. The topological polar surface area (TPSA) is 110 Å². The maximum absolute atomic E-state index is 12.5. The number of methoxy groups -OCH3 is 2. The Morgan fingerprint density at radius 2 is 2.24 bits per heavy atom. The van der Waals surface area contributed by atoms with Crippen LogP contribution in [0.2, 0.25) is 0 Å². The molecule has 0 unspecified atom stereocenters. The first-order chi connectivity index (χ1) is 10.1. The minimum atomic E-state index is -0.247. The normalized spacial score (nSPS) is 11.2. The van der Waals surface area contributed by atoms with E-state index in [0.29, 0.717) is 25.3 Å². The Balaban J connectivity index is 2.87. The zero-order chi connectivity index (χ0) is 15.7. The van der Waals surface area contributed by atoms with E-state index in [0.717, 1.165) is 0 Å². The summed E-state index contributed by atoms with van der Waals surface area (Å²) >= 11 is 0. The van der Waals surface area contributed by atoms with E-state index in [2.05, 4.69) is 10.1 Å². The van der Waals surface area contributed by atoms with Crippen LogP contribution in [0, 0.1) is 0 Å². The third kappa shape index (κ3) is 4.92. The lowest BCUT2D eigenvalue weighted by Gasteiger charge is -2.22. The van der Waals surface area contributed by atoms with Crippen molar-refractivity contribution in [2.24, 2.45) is 10.9 Å². The number of hydrogen-bond acceptors (Lipinski definition) is 6. The van der Waals surface area contributed by atoms with E-state index in [9.17, 15) is 4.79 Å². The molecule has 0 saturated heterocycles. The SMILES string of the molecule is COCCN(CCC(N)=NO)C(=O)c1cccnc1OC. The zero-order valence-corrected chi connectivity index (χ0v) is 12.2. The third-order valence-electron chi connectivity index (χ3n) is 2.81. The van der Waals surface area contributed by atoms with Gasteiger partial charge in [-0.3, -0.25) is 4.79 Å². The van der Waals surface area contributed by atoms with Crippen molar-refractivity contribution < 1.29 is 19.5 Å². The highest BCUT2D eigenvalue weighted by Crippen LogP contribution is 2.16. The van der Waals surface area contributed by atoms with Crippen LogP contribution in [0.1, 0.15) is 16.8 Å². The second-order valence-electron chi connectivity index (χ2n) is 4.19. The first kappa shape index (κ1) is 16.7. The van der Waals surface area contributed by atoms with Crippen LogP contribution in [-0.4, -0.2) is 60.7 Å². The Morgan fingerprint density at radius 1 is 1.48 bits per heavy atom. The van der Waals surface area contributed by atoms with E-state index >= 15 is 0 Å². The van der Waals surface area contributed by atoms with E-state index in [1.165, 1.54) is 7.11 Å². The monoisotopic (exact) mass is 296 g/mol. The number of nitrogens with zero attached hydrogens (tertiary/aromatic N) is 3. The van der Waals surface area contributed by atoms with Crippen molar-refractivity contribution >= 4 is 11.7 Å². The Hall–Kier alpha value is -2.35. The molecule has 8 nitrogen and oxygen atoms in total. The second kappa shape index (κ2) is 8.75. The predicted octanol–water partition coefficient (Wildman–Crippen LogP) is 0.315. The molecule has 1 aromatic rings. The Morgan fingerprint density at radius 3 is 2.86 bits per heavy atom. The van der Waals surface area contributed by atoms with Crippen LogP contribution < -0.4 is 10.5 Å². The molecular weight excluding hydrogens is 276 g/mol. The fourth-order valence-electron chi connectivity index (χ4n) is 1.70. The maximum atomic E-state index is 12.5. The van der Waals surface area contributed by atoms with Crippen LogP contribution in [0.3, 0.4) is 0 Å². The number of carbonyl (C=O) groups is 1. The number of rotatable bonds is 8. The summed E-state index contributed by atoms with van der Waals surface area (Å²) in [5.74, 6) is 0.0693. The van der Waals surface area contributed by atoms with Gasteiger partial charge in [0.25, 0.3) is 5.91 Å². The molecular formula is C13H20N4O4. The van der Waals surface area contributed by atoms with Crippen molar-refractivity contribution in [1.29, 1.82) is 0 Å². The zero-order valence-electron chi connectivity index (χ0n) is 12.2. The first-order valence-corrected chi connectivity index (χ1v) is 6.37. The molecule has 0 bridgehead atoms. The van der Waals surface area contributed by atoms with Crippen molar-refractivity contribution in [2.75, 3.05) is 33.9 Å². The number of ether oxygens (including phenoxy) is 2. The number of amidine groups is 1. The number of nitrogens with two attached hydrogens (primary N) is 1. The quantitative estimate of drug-likeness (QED) is 0.309. The van der Waals surface area contributed by atoms with Crippen LogP contribution >= 0.6 is 0 Å². The molecule has 0 radical (unpaired) electrons. The minimum absolute atomic E-state index is 0.0587. The molecule has 0 atom stereocenters. The lowest BCUT2D eigenvalue weighted by Crippen LogP contribution is -2.36. The third-order valence-corrected chi connectivity index (χ3v) is 2.81. The number of carbonyl (C=O) groups excluding carboxylic acids is 1. The van der Waals surface area contributed by atoms with Crippen LogP contribution in [0.4, 0.5) is 0 Å². The molecule has 0 aromatic carbocycles. The fraction of sp³-hybridized carbons (Fsp3) is 0.462. The average molecular weight is 296 g/mol. The molecule has 0 aliphatic rings. The van der Waals surface area contributed by atoms with Gasteiger partial charge >= 0.3 is 0 Å². The molecule has 1 amide bonds. The Kier molecular flexibility index (Phi) is 6.96. The van der Waals surface area contributed by atoms with E-state index in [4.69, 9.17) is 20.4 Å². The Labute approximate surface area is 123 Å². The first-order valence-electron chi connectivity index (χ1n) is 6.37. The van der Waals surface area contributed by atoms with Crippen molar-refractivity contribution in [3.05, 3.63) is 23.9 Å². The summed E-state index contributed by atoms with van der Waals surface area (Å²) in [7, 11) is 3.01. The summed E-state index contributed by atoms with van der Waals surface area (Å²) in [6.07, 6.45) is 1.81. The van der Waals surface area contributed by atoms with E-state index in [1.807, 2.05) is 0 Å². The largest absolute Gasteiger partial charge is 0.480 e. The van der Waals surface area contributed by atoms with Gasteiger partial charge in [0.1, 0.15) is 11.4 Å². The van der Waals surface area contributed by atoms with Crippen LogP contribution in [0.15, 0.2) is 23.5 Å². The highest BCUT2D eigenvalue weighted by Gasteiger charge is 2.20. The summed E-state index contributed by atoms with van der Waals surface area (Å²) in [6.45, 7) is 1.06. The van der Waals surface area contributed by atoms with Crippen LogP contribution in [0.25, 0.3) is 0 Å². The van der Waals surface area contributed by atoms with Gasteiger partial charge in [0.2, 0.25) is 5.88 Å². The van der Waals surface area contributed by atoms with Crippen molar-refractivity contribution in [1.82, 2.24) is 9.88 Å². The number of amides is 1. The molecule has 1 heterocycles. The molecule has 0 aliphatic carbocycles. The average Bonchev–Trinajstić information content (AvgIpc) is 2.53. The summed E-state index contributed by atoms with van der Waals surface area (Å²) < 4.78 is 10.1. The highest BCUT2D eigenvalue weighted by molar-refractivity contribution is 5.96. The molecule has 0 fully saturated rings. The van der Waals surface area contributed by atoms with Gasteiger partial charge in [0.05, 0.1) is 13.7 Å². The molecule has 1 aromatic heterocycles. The predicted molar refractivity (Wildman–Crippen MR) is 76.6 cm³/mol. The smallest absolute Gasteiger partial charge is 0.259 e. The lowest BCUT2D eigenvalue weighted by molar-refractivity contribution is 0.0696. The highest BCUT2D eigenvalue weighted by atomic mass is 16.5. The molecule has 8 heteroatoms. The molecule has 21 heavy (non-hydrogen) atoms. The number of aromatic nitrogens is 1. The number of oxime groups is 1. The van der Waals surface area contributed by atoms with Crippen molar-refractivity contribution in [3.63, 3.8) is 0 Å². The van der Waals surface area contributed by atoms with Crippen LogP contribution in [0.5, 0.6) is 5.88 Å². The second-order valence-corrected chi connectivity index (χ2v) is 4.19. The van der Waals surface area contributed by atoms with Gasteiger partial charge in [-0.15, -0.1) is 0 Å². The standard InChI is InChI=1S/C13H20N4O4/c1-20-9-8-17(7-5-11(14)16-19)13(18)10-4-3-6-15-12(10)21-2/h3-4,6,19H,5,7-9H2,1-2H3,(H2,14,16). The van der Waals surface area contributed by atoms with E-state index in [-0.39, 0.29) is 24.0 Å². The van der Waals surface area contributed by atoms with Gasteiger partial charge in [-0.25, -0.2) is 4.98 Å². The fourth-order valence-corrected chi connectivity index (χ4v) is 1.70. The molecule has 3 N–H and O–H groups in total. The van der Waals surface area contributed by atoms with E-state index < -0.39 is 0 Å². The van der Waals surface area contributed by atoms with Gasteiger partial charge in [-0.2, -0.15) is 0 Å². The lowest BCUT2D eigenvalue weighted by atomic mass is 10.2. The van der Waals surface area contributed by atoms with Gasteiger partial charge < -0.3 is 25.3 Å². The number of hydrogen-bond donors (Lipinski definition) is 2. The van der Waals surface area contributed by atoms with Gasteiger partial charge in [0, 0.05) is 32.8 Å². The van der Waals surface area contributed by atoms with Crippen molar-refractivity contribution in [2.45, 2.75) is 6.42 Å². The summed E-state index contributed by atoms with van der Waals surface area (Å²) in [5, 5.41) is 11.5. The van der Waals surface area contributed by atoms with Crippen molar-refractivity contribution in [3.8, 4) is 5.88 Å². The molecule has 0 aliphatic heterocycles. The van der Waals surface area contributed by atoms with Crippen LogP contribution in [-0.2, 0) is 4.74 Å². The number of pyridine rings is 1. The molecule has 0 spiro atoms. The van der Waals surface area contributed by atoms with E-state index in [1.54, 1.807) is 30.3 Å². The summed E-state index contributed by atoms with van der Waals surface area (Å²) in [6, 6.07) is 3.30. The molecule has 0 saturated carbocycles. The summed E-state index contributed by atoms with van der Waals surface area (Å²) in [4.78, 5) is 18.1. The van der Waals surface area contributed by atoms with Gasteiger partial charge in [-0.1, -0.05) is 5.16 Å². The van der Waals surface area contributed by atoms with Gasteiger partial charge in [-0.05, 0) is 12.1 Å².